The maximum atomic E-state index is 11.1. The van der Waals surface area contributed by atoms with Gasteiger partial charge in [-0.2, -0.15) is 0 Å². The van der Waals surface area contributed by atoms with Gasteiger partial charge in [0.2, 0.25) is 5.70 Å². The molecule has 0 rings (SSSR count). The topological polar surface area (TPSA) is 60.2 Å². The summed E-state index contributed by atoms with van der Waals surface area (Å²) in [5.41, 5.74) is 0.425. The minimum absolute atomic E-state index is 0.184. The minimum Gasteiger partial charge on any atom is -0.303 e. The largest absolute Gasteiger partial charge is 0.303 e. The highest BCUT2D eigenvalue weighted by Gasteiger charge is 2.09. The van der Waals surface area contributed by atoms with E-state index in [1.54, 1.807) is 0 Å². The maximum absolute atomic E-state index is 11.1. The number of nitrogens with zero attached hydrogens (tertiary/aromatic N) is 1. The fourth-order valence-corrected chi connectivity index (χ4v) is 3.23. The first-order chi connectivity index (χ1) is 12.7. The first-order valence-electron chi connectivity index (χ1n) is 11.0. The molecule has 0 bridgehead atoms. The lowest BCUT2D eigenvalue weighted by Crippen LogP contribution is -1.99. The zero-order valence-electron chi connectivity index (χ0n) is 17.1. The van der Waals surface area contributed by atoms with E-state index in [0.717, 1.165) is 44.8 Å². The van der Waals surface area contributed by atoms with Gasteiger partial charge in [0, 0.05) is 12.8 Å². The molecular formula is C22H41NO3. The summed E-state index contributed by atoms with van der Waals surface area (Å²) in [5.74, 6) is 0. The number of rotatable bonds is 20. The van der Waals surface area contributed by atoms with Crippen molar-refractivity contribution in [3.63, 3.8) is 0 Å². The molecule has 26 heavy (non-hydrogen) atoms. The molecule has 0 fully saturated rings. The lowest BCUT2D eigenvalue weighted by Gasteiger charge is -2.02. The second kappa shape index (κ2) is 20.1. The van der Waals surface area contributed by atoms with Crippen LogP contribution in [0.15, 0.2) is 11.8 Å². The third kappa shape index (κ3) is 17.6. The Hall–Kier alpha value is -1.19. The van der Waals surface area contributed by atoms with E-state index in [2.05, 4.69) is 6.92 Å². The second-order valence-corrected chi connectivity index (χ2v) is 7.40. The van der Waals surface area contributed by atoms with Gasteiger partial charge in [0.15, 0.2) is 0 Å². The van der Waals surface area contributed by atoms with Crippen LogP contribution in [0.3, 0.4) is 0 Å². The Kier molecular flexibility index (Phi) is 19.2. The predicted octanol–water partition coefficient (Wildman–Crippen LogP) is 7.39. The molecule has 0 aromatic carbocycles. The number of hydrogen-bond donors (Lipinski definition) is 0. The van der Waals surface area contributed by atoms with E-state index in [-0.39, 0.29) is 4.92 Å². The summed E-state index contributed by atoms with van der Waals surface area (Å²) in [7, 11) is 0. The van der Waals surface area contributed by atoms with Crippen molar-refractivity contribution in [2.45, 2.75) is 122 Å². The van der Waals surface area contributed by atoms with Gasteiger partial charge in [-0.15, -0.1) is 0 Å². The van der Waals surface area contributed by atoms with Crippen LogP contribution >= 0.6 is 0 Å². The Morgan fingerprint density at radius 3 is 1.69 bits per heavy atom. The Morgan fingerprint density at radius 2 is 1.19 bits per heavy atom. The average molecular weight is 368 g/mol. The van der Waals surface area contributed by atoms with Gasteiger partial charge >= 0.3 is 0 Å². The predicted molar refractivity (Wildman–Crippen MR) is 110 cm³/mol. The second-order valence-electron chi connectivity index (χ2n) is 7.40. The fourth-order valence-electron chi connectivity index (χ4n) is 3.23. The number of unbranched alkanes of at least 4 members (excludes halogenated alkanes) is 15. The molecule has 0 aromatic rings. The Morgan fingerprint density at radius 1 is 0.731 bits per heavy atom. The molecule has 0 aliphatic rings. The van der Waals surface area contributed by atoms with Gasteiger partial charge in [-0.3, -0.25) is 10.1 Å². The lowest BCUT2D eigenvalue weighted by atomic mass is 10.0. The normalized spacial score (nSPS) is 11.7. The van der Waals surface area contributed by atoms with E-state index >= 15 is 0 Å². The van der Waals surface area contributed by atoms with E-state index in [4.69, 9.17) is 0 Å². The number of hydrogen-bond acceptors (Lipinski definition) is 3. The van der Waals surface area contributed by atoms with Crippen molar-refractivity contribution in [2.75, 3.05) is 0 Å². The fraction of sp³-hybridized carbons (Fsp3) is 0.864. The van der Waals surface area contributed by atoms with Crippen molar-refractivity contribution in [1.82, 2.24) is 0 Å². The number of carbonyl (C=O) groups excluding carboxylic acids is 1. The monoisotopic (exact) mass is 367 g/mol. The van der Waals surface area contributed by atoms with Gasteiger partial charge in [0.25, 0.3) is 0 Å². The molecule has 0 unspecified atom stereocenters. The highest BCUT2D eigenvalue weighted by atomic mass is 16.6. The molecule has 0 spiro atoms. The van der Waals surface area contributed by atoms with Crippen LogP contribution in [0.1, 0.15) is 122 Å². The standard InChI is InChI=1S/C22H41NO3/c1-2-3-4-5-10-13-16-19-22(23(25)26)20-17-14-11-8-6-7-9-12-15-18-21-24/h19,21H,2-18,20H2,1H3/b22-19-. The summed E-state index contributed by atoms with van der Waals surface area (Å²) in [5, 5.41) is 11.1. The first-order valence-corrected chi connectivity index (χ1v) is 11.0. The van der Waals surface area contributed by atoms with E-state index in [0.29, 0.717) is 18.5 Å². The van der Waals surface area contributed by atoms with Crippen molar-refractivity contribution in [1.29, 1.82) is 0 Å². The van der Waals surface area contributed by atoms with Gasteiger partial charge in [0.05, 0.1) is 4.92 Å². The summed E-state index contributed by atoms with van der Waals surface area (Å²) < 4.78 is 0. The molecule has 0 saturated carbocycles. The smallest absolute Gasteiger partial charge is 0.242 e. The molecule has 0 amide bonds. The van der Waals surface area contributed by atoms with Crippen LogP contribution in [0.25, 0.3) is 0 Å². The van der Waals surface area contributed by atoms with Crippen LogP contribution in [-0.4, -0.2) is 11.2 Å². The first kappa shape index (κ1) is 24.8. The molecule has 4 heteroatoms. The molecule has 0 aliphatic heterocycles. The van der Waals surface area contributed by atoms with Crippen molar-refractivity contribution in [2.24, 2.45) is 0 Å². The van der Waals surface area contributed by atoms with Crippen LogP contribution in [0, 0.1) is 10.1 Å². The molecule has 0 heterocycles. The number of aldehydes is 1. The van der Waals surface area contributed by atoms with Crippen molar-refractivity contribution in [3.8, 4) is 0 Å². The lowest BCUT2D eigenvalue weighted by molar-refractivity contribution is -0.428. The highest BCUT2D eigenvalue weighted by Crippen LogP contribution is 2.15. The quantitative estimate of drug-likeness (QED) is 0.0975. The third-order valence-corrected chi connectivity index (χ3v) is 4.93. The summed E-state index contributed by atoms with van der Waals surface area (Å²) >= 11 is 0. The summed E-state index contributed by atoms with van der Waals surface area (Å²) in [4.78, 5) is 21.2. The van der Waals surface area contributed by atoms with E-state index in [1.807, 2.05) is 6.08 Å². The highest BCUT2D eigenvalue weighted by molar-refractivity contribution is 5.48. The van der Waals surface area contributed by atoms with Crippen LogP contribution in [0.5, 0.6) is 0 Å². The van der Waals surface area contributed by atoms with Gasteiger partial charge < -0.3 is 4.79 Å². The maximum Gasteiger partial charge on any atom is 0.242 e. The van der Waals surface area contributed by atoms with Crippen LogP contribution in [-0.2, 0) is 4.79 Å². The number of carbonyl (C=O) groups is 1. The number of nitro groups is 1. The SMILES string of the molecule is CCCCCCCC/C=C(/CCCCCCCCCCCC=O)[N+](=O)[O-]. The Bertz CT molecular complexity index is 366. The van der Waals surface area contributed by atoms with Crippen LogP contribution in [0.4, 0.5) is 0 Å². The van der Waals surface area contributed by atoms with E-state index in [1.165, 1.54) is 64.2 Å². The van der Waals surface area contributed by atoms with E-state index in [9.17, 15) is 14.9 Å². The van der Waals surface area contributed by atoms with Gasteiger partial charge in [-0.05, 0) is 31.8 Å². The van der Waals surface area contributed by atoms with Crippen molar-refractivity contribution in [3.05, 3.63) is 21.9 Å². The average Bonchev–Trinajstić information content (AvgIpc) is 2.63. The number of allylic oxidation sites excluding steroid dienone is 2. The molecule has 0 atom stereocenters. The molecule has 4 nitrogen and oxygen atoms in total. The molecule has 0 radical (unpaired) electrons. The summed E-state index contributed by atoms with van der Waals surface area (Å²) in [6.07, 6.45) is 22.7. The van der Waals surface area contributed by atoms with E-state index < -0.39 is 0 Å². The van der Waals surface area contributed by atoms with Gasteiger partial charge in [-0.25, -0.2) is 0 Å². The zero-order valence-corrected chi connectivity index (χ0v) is 17.1. The zero-order chi connectivity index (χ0) is 19.3. The Balaban J connectivity index is 3.57. The molecular weight excluding hydrogens is 326 g/mol. The molecule has 0 aromatic heterocycles. The molecule has 0 saturated heterocycles. The minimum atomic E-state index is -0.184. The third-order valence-electron chi connectivity index (χ3n) is 4.93. The summed E-state index contributed by atoms with van der Waals surface area (Å²) in [6, 6.07) is 0. The molecule has 0 N–H and O–H groups in total. The summed E-state index contributed by atoms with van der Waals surface area (Å²) in [6.45, 7) is 2.21. The van der Waals surface area contributed by atoms with Crippen LogP contribution < -0.4 is 0 Å². The van der Waals surface area contributed by atoms with Crippen molar-refractivity contribution >= 4 is 6.29 Å². The van der Waals surface area contributed by atoms with Crippen LogP contribution in [0.2, 0.25) is 0 Å². The van der Waals surface area contributed by atoms with Crippen molar-refractivity contribution < 1.29 is 9.72 Å². The molecule has 152 valence electrons. The Labute approximate surface area is 161 Å². The van der Waals surface area contributed by atoms with Gasteiger partial charge in [-0.1, -0.05) is 84.0 Å². The molecule has 0 aliphatic carbocycles. The van der Waals surface area contributed by atoms with Gasteiger partial charge in [0.1, 0.15) is 6.29 Å².